The maximum absolute atomic E-state index is 12.6. The SMILES string of the molecule is FC(F)(F)c1cnc(N[C@@H]2CCN(CC3CCN(CC4CCNCC4)CC3)C2)nc1. The molecule has 4 rings (SSSR count). The molecule has 0 aromatic carbocycles. The van der Waals surface area contributed by atoms with Gasteiger partial charge in [0.25, 0.3) is 0 Å². The molecule has 2 N–H and O–H groups in total. The number of rotatable bonds is 6. The van der Waals surface area contributed by atoms with Gasteiger partial charge in [-0.25, -0.2) is 9.97 Å². The van der Waals surface area contributed by atoms with Crippen LogP contribution in [0.25, 0.3) is 0 Å². The summed E-state index contributed by atoms with van der Waals surface area (Å²) in [5.74, 6) is 1.89. The van der Waals surface area contributed by atoms with Gasteiger partial charge in [-0.15, -0.1) is 0 Å². The highest BCUT2D eigenvalue weighted by Gasteiger charge is 2.32. The highest BCUT2D eigenvalue weighted by Crippen LogP contribution is 2.28. The van der Waals surface area contributed by atoms with Crippen molar-refractivity contribution in [1.29, 1.82) is 0 Å². The standard InChI is InChI=1S/C21H33F3N6/c22-21(23,24)18-11-26-20(27-12-18)28-19-5-10-30(15-19)14-17-3-8-29(9-4-17)13-16-1-6-25-7-2-16/h11-12,16-17,19,25H,1-10,13-15H2,(H,26,27,28)/t19-/m1/s1. The molecule has 6 nitrogen and oxygen atoms in total. The summed E-state index contributed by atoms with van der Waals surface area (Å²) in [7, 11) is 0. The lowest BCUT2D eigenvalue weighted by Gasteiger charge is -2.36. The zero-order valence-corrected chi connectivity index (χ0v) is 17.5. The normalized spacial score (nSPS) is 25.6. The number of aromatic nitrogens is 2. The van der Waals surface area contributed by atoms with Gasteiger partial charge in [0.05, 0.1) is 5.56 Å². The van der Waals surface area contributed by atoms with Crippen molar-refractivity contribution in [3.05, 3.63) is 18.0 Å². The molecule has 0 aliphatic carbocycles. The molecule has 3 fully saturated rings. The Labute approximate surface area is 176 Å². The predicted molar refractivity (Wildman–Crippen MR) is 110 cm³/mol. The lowest BCUT2D eigenvalue weighted by Crippen LogP contribution is -2.42. The molecule has 3 aliphatic rings. The number of nitrogens with one attached hydrogen (secondary N) is 2. The first-order chi connectivity index (χ1) is 14.5. The fraction of sp³-hybridized carbons (Fsp3) is 0.810. The number of anilines is 1. The number of piperidine rings is 2. The Hall–Kier alpha value is -1.45. The third-order valence-corrected chi connectivity index (χ3v) is 6.78. The Morgan fingerprint density at radius 1 is 0.900 bits per heavy atom. The summed E-state index contributed by atoms with van der Waals surface area (Å²) in [6, 6.07) is 0.196. The molecule has 1 aromatic heterocycles. The van der Waals surface area contributed by atoms with E-state index in [4.69, 9.17) is 0 Å². The molecule has 3 aliphatic heterocycles. The second-order valence-electron chi connectivity index (χ2n) is 9.12. The maximum Gasteiger partial charge on any atom is 0.419 e. The second-order valence-corrected chi connectivity index (χ2v) is 9.12. The molecule has 3 saturated heterocycles. The van der Waals surface area contributed by atoms with Gasteiger partial charge in [-0.1, -0.05) is 0 Å². The molecule has 1 atom stereocenters. The van der Waals surface area contributed by atoms with E-state index >= 15 is 0 Å². The summed E-state index contributed by atoms with van der Waals surface area (Å²) >= 11 is 0. The van der Waals surface area contributed by atoms with Crippen molar-refractivity contribution in [2.75, 3.05) is 57.7 Å². The van der Waals surface area contributed by atoms with Gasteiger partial charge in [0.15, 0.2) is 0 Å². The van der Waals surface area contributed by atoms with Crippen LogP contribution in [0.1, 0.15) is 37.7 Å². The number of hydrogen-bond acceptors (Lipinski definition) is 6. The van der Waals surface area contributed by atoms with E-state index in [1.165, 1.54) is 58.4 Å². The van der Waals surface area contributed by atoms with Gasteiger partial charge in [0.2, 0.25) is 5.95 Å². The van der Waals surface area contributed by atoms with Crippen molar-refractivity contribution in [1.82, 2.24) is 25.1 Å². The fourth-order valence-electron chi connectivity index (χ4n) is 4.99. The van der Waals surface area contributed by atoms with Gasteiger partial charge in [0.1, 0.15) is 0 Å². The minimum atomic E-state index is -4.40. The molecule has 0 bridgehead atoms. The van der Waals surface area contributed by atoms with E-state index in [0.717, 1.165) is 50.3 Å². The largest absolute Gasteiger partial charge is 0.419 e. The topological polar surface area (TPSA) is 56.3 Å². The first kappa shape index (κ1) is 21.8. The Morgan fingerprint density at radius 2 is 1.50 bits per heavy atom. The summed E-state index contributed by atoms with van der Waals surface area (Å²) in [6.45, 7) is 9.07. The van der Waals surface area contributed by atoms with Crippen LogP contribution < -0.4 is 10.6 Å². The summed E-state index contributed by atoms with van der Waals surface area (Å²) in [4.78, 5) is 12.8. The molecule has 0 radical (unpaired) electrons. The molecule has 168 valence electrons. The first-order valence-corrected chi connectivity index (χ1v) is 11.3. The maximum atomic E-state index is 12.6. The molecule has 30 heavy (non-hydrogen) atoms. The van der Waals surface area contributed by atoms with E-state index in [2.05, 4.69) is 30.4 Å². The Balaban J connectivity index is 1.16. The van der Waals surface area contributed by atoms with Crippen molar-refractivity contribution < 1.29 is 13.2 Å². The highest BCUT2D eigenvalue weighted by molar-refractivity contribution is 5.27. The smallest absolute Gasteiger partial charge is 0.350 e. The van der Waals surface area contributed by atoms with E-state index in [1.54, 1.807) is 0 Å². The van der Waals surface area contributed by atoms with Crippen LogP contribution in [0.4, 0.5) is 19.1 Å². The van der Waals surface area contributed by atoms with E-state index < -0.39 is 11.7 Å². The number of hydrogen-bond donors (Lipinski definition) is 2. The number of nitrogens with zero attached hydrogens (tertiary/aromatic N) is 4. The van der Waals surface area contributed by atoms with Crippen LogP contribution in [0.15, 0.2) is 12.4 Å². The van der Waals surface area contributed by atoms with Crippen LogP contribution in [0.2, 0.25) is 0 Å². The zero-order chi connectivity index (χ0) is 21.0. The third kappa shape index (κ3) is 6.04. The van der Waals surface area contributed by atoms with Gasteiger partial charge in [-0.05, 0) is 70.1 Å². The van der Waals surface area contributed by atoms with Crippen molar-refractivity contribution >= 4 is 5.95 Å². The summed E-state index contributed by atoms with van der Waals surface area (Å²) < 4.78 is 37.9. The molecule has 0 saturated carbocycles. The van der Waals surface area contributed by atoms with Gasteiger partial charge < -0.3 is 20.4 Å². The molecule has 0 spiro atoms. The fourth-order valence-corrected chi connectivity index (χ4v) is 4.99. The Bertz CT molecular complexity index is 654. The van der Waals surface area contributed by atoms with Crippen LogP contribution in [0, 0.1) is 11.8 Å². The van der Waals surface area contributed by atoms with Crippen molar-refractivity contribution in [3.8, 4) is 0 Å². The zero-order valence-electron chi connectivity index (χ0n) is 17.5. The van der Waals surface area contributed by atoms with E-state index in [1.807, 2.05) is 0 Å². The lowest BCUT2D eigenvalue weighted by atomic mass is 9.93. The number of alkyl halides is 3. The van der Waals surface area contributed by atoms with E-state index in [0.29, 0.717) is 0 Å². The van der Waals surface area contributed by atoms with Crippen LogP contribution in [0.5, 0.6) is 0 Å². The highest BCUT2D eigenvalue weighted by atomic mass is 19.4. The average molecular weight is 427 g/mol. The molecular weight excluding hydrogens is 393 g/mol. The van der Waals surface area contributed by atoms with Crippen LogP contribution >= 0.6 is 0 Å². The number of likely N-dealkylation sites (tertiary alicyclic amines) is 2. The third-order valence-electron chi connectivity index (χ3n) is 6.78. The Kier molecular flexibility index (Phi) is 7.10. The molecule has 0 unspecified atom stereocenters. The lowest BCUT2D eigenvalue weighted by molar-refractivity contribution is -0.138. The molecule has 0 amide bonds. The minimum absolute atomic E-state index is 0.196. The van der Waals surface area contributed by atoms with Crippen molar-refractivity contribution in [2.24, 2.45) is 11.8 Å². The average Bonchev–Trinajstić information content (AvgIpc) is 3.17. The predicted octanol–water partition coefficient (Wildman–Crippen LogP) is 2.69. The first-order valence-electron chi connectivity index (χ1n) is 11.3. The molecule has 4 heterocycles. The van der Waals surface area contributed by atoms with Gasteiger partial charge >= 0.3 is 6.18 Å². The van der Waals surface area contributed by atoms with Crippen LogP contribution in [-0.2, 0) is 6.18 Å². The van der Waals surface area contributed by atoms with Gasteiger partial charge in [-0.2, -0.15) is 13.2 Å². The van der Waals surface area contributed by atoms with Crippen molar-refractivity contribution in [3.63, 3.8) is 0 Å². The summed E-state index contributed by atoms with van der Waals surface area (Å²) in [6.07, 6.45) is 3.42. The Morgan fingerprint density at radius 3 is 2.17 bits per heavy atom. The molecular formula is C21H33F3N6. The second kappa shape index (κ2) is 9.78. The van der Waals surface area contributed by atoms with Gasteiger partial charge in [-0.3, -0.25) is 0 Å². The molecule has 9 heteroatoms. The van der Waals surface area contributed by atoms with Crippen LogP contribution in [0.3, 0.4) is 0 Å². The summed E-state index contributed by atoms with van der Waals surface area (Å²) in [5.41, 5.74) is -0.812. The monoisotopic (exact) mass is 426 g/mol. The van der Waals surface area contributed by atoms with Crippen molar-refractivity contribution in [2.45, 2.75) is 44.3 Å². The van der Waals surface area contributed by atoms with E-state index in [9.17, 15) is 13.2 Å². The van der Waals surface area contributed by atoms with Gasteiger partial charge in [0, 0.05) is 44.6 Å². The molecule has 1 aromatic rings. The van der Waals surface area contributed by atoms with Crippen LogP contribution in [-0.4, -0.2) is 78.2 Å². The quantitative estimate of drug-likeness (QED) is 0.730. The summed E-state index contributed by atoms with van der Waals surface area (Å²) in [5, 5.41) is 6.64. The minimum Gasteiger partial charge on any atom is -0.350 e. The van der Waals surface area contributed by atoms with E-state index in [-0.39, 0.29) is 12.0 Å². The number of halogens is 3.